The lowest BCUT2D eigenvalue weighted by Crippen LogP contribution is -1.99. The Balaban J connectivity index is 1.96. The smallest absolute Gasteiger partial charge is 0.308 e. The molecular formula is C14H15NO3S2. The lowest BCUT2D eigenvalue weighted by molar-refractivity contribution is -0.136. The maximum absolute atomic E-state index is 10.7. The fourth-order valence-electron chi connectivity index (χ4n) is 1.69. The Hall–Kier alpha value is -1.37. The molecule has 2 rings (SSSR count). The van der Waals surface area contributed by atoms with Gasteiger partial charge >= 0.3 is 5.97 Å². The Bertz CT molecular complexity index is 583. The van der Waals surface area contributed by atoms with E-state index in [4.69, 9.17) is 5.11 Å². The average molecular weight is 309 g/mol. The molecule has 20 heavy (non-hydrogen) atoms. The van der Waals surface area contributed by atoms with Crippen LogP contribution in [0.3, 0.4) is 0 Å². The summed E-state index contributed by atoms with van der Waals surface area (Å²) in [6.07, 6.45) is -0.543. The van der Waals surface area contributed by atoms with E-state index in [-0.39, 0.29) is 6.42 Å². The highest BCUT2D eigenvalue weighted by atomic mass is 32.2. The molecule has 0 radical (unpaired) electrons. The number of aromatic nitrogens is 1. The third-order valence-corrected chi connectivity index (χ3v) is 5.11. The third kappa shape index (κ3) is 4.06. The zero-order valence-corrected chi connectivity index (χ0v) is 12.6. The minimum atomic E-state index is -0.849. The molecule has 106 valence electrons. The van der Waals surface area contributed by atoms with E-state index < -0.39 is 12.1 Å². The van der Waals surface area contributed by atoms with Gasteiger partial charge in [-0.25, -0.2) is 4.98 Å². The van der Waals surface area contributed by atoms with E-state index in [9.17, 15) is 9.90 Å². The molecule has 6 heteroatoms. The standard InChI is InChI=1S/C14H15NO3S2/c1-9-12(7-13(17)18)20-14(15-9)19-8-11(16)10-5-3-2-4-6-10/h2-6,11,16H,7-8H2,1H3,(H,17,18). The molecule has 1 atom stereocenters. The molecule has 1 unspecified atom stereocenters. The van der Waals surface area contributed by atoms with Crippen molar-refractivity contribution in [3.8, 4) is 0 Å². The summed E-state index contributed by atoms with van der Waals surface area (Å²) in [6, 6.07) is 9.46. The molecule has 0 spiro atoms. The Morgan fingerprint density at radius 3 is 2.75 bits per heavy atom. The van der Waals surface area contributed by atoms with Gasteiger partial charge in [-0.3, -0.25) is 4.79 Å². The first kappa shape index (κ1) is 15.0. The first-order chi connectivity index (χ1) is 9.56. The molecule has 0 saturated heterocycles. The number of nitrogens with zero attached hydrogens (tertiary/aromatic N) is 1. The number of thiazole rings is 1. The molecular weight excluding hydrogens is 294 g/mol. The second-order valence-corrected chi connectivity index (χ2v) is 6.65. The molecule has 0 amide bonds. The van der Waals surface area contributed by atoms with Crippen molar-refractivity contribution < 1.29 is 15.0 Å². The van der Waals surface area contributed by atoms with Gasteiger partial charge in [0.2, 0.25) is 0 Å². The van der Waals surface area contributed by atoms with Gasteiger partial charge in [0.25, 0.3) is 0 Å². The summed E-state index contributed by atoms with van der Waals surface area (Å²) in [5.41, 5.74) is 1.63. The second kappa shape index (κ2) is 6.88. The van der Waals surface area contributed by atoms with E-state index in [1.807, 2.05) is 37.3 Å². The van der Waals surface area contributed by atoms with Gasteiger partial charge in [-0.2, -0.15) is 0 Å². The van der Waals surface area contributed by atoms with Gasteiger partial charge in [0.15, 0.2) is 0 Å². The summed E-state index contributed by atoms with van der Waals surface area (Å²) < 4.78 is 0.800. The quantitative estimate of drug-likeness (QED) is 0.803. The van der Waals surface area contributed by atoms with Crippen LogP contribution in [-0.4, -0.2) is 26.9 Å². The van der Waals surface area contributed by atoms with Gasteiger partial charge in [-0.05, 0) is 12.5 Å². The number of thioether (sulfide) groups is 1. The van der Waals surface area contributed by atoms with Crippen LogP contribution in [0.5, 0.6) is 0 Å². The fraction of sp³-hybridized carbons (Fsp3) is 0.286. The molecule has 1 heterocycles. The number of benzene rings is 1. The number of hydrogen-bond donors (Lipinski definition) is 2. The number of rotatable bonds is 6. The molecule has 0 fully saturated rings. The summed E-state index contributed by atoms with van der Waals surface area (Å²) >= 11 is 2.83. The highest BCUT2D eigenvalue weighted by molar-refractivity contribution is 8.01. The molecule has 1 aromatic carbocycles. The molecule has 0 saturated carbocycles. The zero-order valence-electron chi connectivity index (χ0n) is 10.9. The van der Waals surface area contributed by atoms with Crippen LogP contribution in [0.25, 0.3) is 0 Å². The van der Waals surface area contributed by atoms with Crippen LogP contribution in [0.4, 0.5) is 0 Å². The van der Waals surface area contributed by atoms with Crippen molar-refractivity contribution in [3.05, 3.63) is 46.5 Å². The normalized spacial score (nSPS) is 12.3. The molecule has 1 aromatic heterocycles. The number of aryl methyl sites for hydroxylation is 1. The summed E-state index contributed by atoms with van der Waals surface area (Å²) in [7, 11) is 0. The van der Waals surface area contributed by atoms with E-state index >= 15 is 0 Å². The number of carboxylic acids is 1. The minimum Gasteiger partial charge on any atom is -0.481 e. The van der Waals surface area contributed by atoms with Crippen molar-refractivity contribution in [2.24, 2.45) is 0 Å². The average Bonchev–Trinajstić information content (AvgIpc) is 2.77. The topological polar surface area (TPSA) is 70.4 Å². The van der Waals surface area contributed by atoms with Crippen LogP contribution >= 0.6 is 23.1 Å². The second-order valence-electron chi connectivity index (χ2n) is 4.30. The summed E-state index contributed by atoms with van der Waals surface area (Å²) in [5, 5.41) is 18.9. The maximum atomic E-state index is 10.7. The lowest BCUT2D eigenvalue weighted by atomic mass is 10.1. The Labute approximate surface area is 125 Å². The van der Waals surface area contributed by atoms with Crippen LogP contribution in [-0.2, 0) is 11.2 Å². The predicted octanol–water partition coefficient (Wildman–Crippen LogP) is 2.90. The van der Waals surface area contributed by atoms with Crippen LogP contribution in [0, 0.1) is 6.92 Å². The predicted molar refractivity (Wildman–Crippen MR) is 80.3 cm³/mol. The van der Waals surface area contributed by atoms with Gasteiger partial charge < -0.3 is 10.2 Å². The molecule has 4 nitrogen and oxygen atoms in total. The fourth-order valence-corrected chi connectivity index (χ4v) is 3.90. The van der Waals surface area contributed by atoms with Crippen LogP contribution in [0.2, 0.25) is 0 Å². The zero-order chi connectivity index (χ0) is 14.5. The Morgan fingerprint density at radius 2 is 2.10 bits per heavy atom. The van der Waals surface area contributed by atoms with Crippen molar-refractivity contribution >= 4 is 29.1 Å². The summed E-state index contributed by atoms with van der Waals surface area (Å²) in [6.45, 7) is 1.81. The van der Waals surface area contributed by atoms with Crippen LogP contribution in [0.1, 0.15) is 22.2 Å². The van der Waals surface area contributed by atoms with Crippen molar-refractivity contribution in [3.63, 3.8) is 0 Å². The molecule has 0 bridgehead atoms. The van der Waals surface area contributed by atoms with E-state index in [1.54, 1.807) is 0 Å². The Morgan fingerprint density at radius 1 is 1.40 bits per heavy atom. The maximum Gasteiger partial charge on any atom is 0.308 e. The van der Waals surface area contributed by atoms with E-state index in [0.717, 1.165) is 20.5 Å². The van der Waals surface area contributed by atoms with E-state index in [2.05, 4.69) is 4.98 Å². The van der Waals surface area contributed by atoms with Gasteiger partial charge in [-0.1, -0.05) is 42.1 Å². The molecule has 0 aliphatic carbocycles. The Kier molecular flexibility index (Phi) is 5.17. The molecule has 0 aliphatic rings. The number of aliphatic hydroxyl groups excluding tert-OH is 1. The van der Waals surface area contributed by atoms with Crippen molar-refractivity contribution in [1.29, 1.82) is 0 Å². The van der Waals surface area contributed by atoms with Crippen molar-refractivity contribution in [2.45, 2.75) is 23.8 Å². The highest BCUT2D eigenvalue weighted by Gasteiger charge is 2.13. The van der Waals surface area contributed by atoms with E-state index in [1.165, 1.54) is 23.1 Å². The SMILES string of the molecule is Cc1nc(SCC(O)c2ccccc2)sc1CC(=O)O. The number of carboxylic acid groups (broad SMARTS) is 1. The number of carbonyl (C=O) groups is 1. The van der Waals surface area contributed by atoms with E-state index in [0.29, 0.717) is 5.75 Å². The molecule has 2 N–H and O–H groups in total. The highest BCUT2D eigenvalue weighted by Crippen LogP contribution is 2.30. The third-order valence-electron chi connectivity index (χ3n) is 2.73. The summed E-state index contributed by atoms with van der Waals surface area (Å²) in [4.78, 5) is 15.8. The van der Waals surface area contributed by atoms with Gasteiger partial charge in [0, 0.05) is 10.6 Å². The largest absolute Gasteiger partial charge is 0.481 e. The molecule has 0 aliphatic heterocycles. The van der Waals surface area contributed by atoms with Gasteiger partial charge in [-0.15, -0.1) is 11.3 Å². The lowest BCUT2D eigenvalue weighted by Gasteiger charge is -2.08. The number of hydrogen-bond acceptors (Lipinski definition) is 5. The number of aliphatic hydroxyl groups is 1. The van der Waals surface area contributed by atoms with Crippen molar-refractivity contribution in [2.75, 3.05) is 5.75 Å². The monoisotopic (exact) mass is 309 g/mol. The first-order valence-electron chi connectivity index (χ1n) is 6.10. The molecule has 2 aromatic rings. The number of aliphatic carboxylic acids is 1. The van der Waals surface area contributed by atoms with Crippen molar-refractivity contribution in [1.82, 2.24) is 4.98 Å². The van der Waals surface area contributed by atoms with Gasteiger partial charge in [0.05, 0.1) is 18.2 Å². The van der Waals surface area contributed by atoms with Crippen LogP contribution in [0.15, 0.2) is 34.7 Å². The summed E-state index contributed by atoms with van der Waals surface area (Å²) in [5.74, 6) is -0.346. The minimum absolute atomic E-state index is 0.00526. The first-order valence-corrected chi connectivity index (χ1v) is 7.90. The van der Waals surface area contributed by atoms with Crippen LogP contribution < -0.4 is 0 Å². The van der Waals surface area contributed by atoms with Gasteiger partial charge in [0.1, 0.15) is 4.34 Å².